The minimum Gasteiger partial charge on any atom is -0.480 e. The molecule has 13 nitrogen and oxygen atoms in total. The number of carboxylic acids is 1. The predicted octanol–water partition coefficient (Wildman–Crippen LogP) is -2.26. The van der Waals surface area contributed by atoms with Gasteiger partial charge in [0.1, 0.15) is 18.1 Å². The minimum atomic E-state index is -1.62. The Balaban J connectivity index is 2.10. The van der Waals surface area contributed by atoms with Crippen LogP contribution in [0.4, 0.5) is 0 Å². The number of benzene rings is 1. The fraction of sp³-hybridized carbons (Fsp3) is 0.478. The molecule has 0 radical (unpaired) electrons. The lowest BCUT2D eigenvalue weighted by Gasteiger charge is -2.28. The SMILES string of the molecule is NC(=O)CCC(NC(=O)C1CCCN1C(=O)C(N)Cc1ccccc1)C(=O)NC(CC(N)=O)C(=O)O. The number of likely N-dealkylation sites (tertiary alicyclic amines) is 1. The molecule has 0 aromatic heterocycles. The Hall–Kier alpha value is -4.00. The number of carbonyl (C=O) groups is 6. The first-order valence-corrected chi connectivity index (χ1v) is 11.5. The van der Waals surface area contributed by atoms with Crippen LogP contribution in [0.3, 0.4) is 0 Å². The van der Waals surface area contributed by atoms with E-state index in [9.17, 15) is 33.9 Å². The van der Waals surface area contributed by atoms with Gasteiger partial charge < -0.3 is 37.8 Å². The van der Waals surface area contributed by atoms with Crippen LogP contribution in [0.2, 0.25) is 0 Å². The highest BCUT2D eigenvalue weighted by molar-refractivity contribution is 5.95. The van der Waals surface area contributed by atoms with Crippen LogP contribution < -0.4 is 27.8 Å². The average molecular weight is 505 g/mol. The van der Waals surface area contributed by atoms with Gasteiger partial charge in [0.05, 0.1) is 12.5 Å². The zero-order valence-corrected chi connectivity index (χ0v) is 19.7. The molecular formula is C23H32N6O7. The monoisotopic (exact) mass is 504 g/mol. The van der Waals surface area contributed by atoms with Crippen LogP contribution in [-0.4, -0.2) is 76.2 Å². The third kappa shape index (κ3) is 8.34. The van der Waals surface area contributed by atoms with Crippen molar-refractivity contribution in [1.29, 1.82) is 0 Å². The number of nitrogens with two attached hydrogens (primary N) is 3. The Morgan fingerprint density at radius 2 is 1.67 bits per heavy atom. The number of carbonyl (C=O) groups excluding carboxylic acids is 5. The summed E-state index contributed by atoms with van der Waals surface area (Å²) in [5.74, 6) is -5.19. The van der Waals surface area contributed by atoms with Crippen LogP contribution in [-0.2, 0) is 35.2 Å². The van der Waals surface area contributed by atoms with Crippen molar-refractivity contribution in [1.82, 2.24) is 15.5 Å². The molecule has 1 saturated heterocycles. The highest BCUT2D eigenvalue weighted by Gasteiger charge is 2.38. The maximum Gasteiger partial charge on any atom is 0.326 e. The molecule has 4 atom stereocenters. The van der Waals surface area contributed by atoms with E-state index in [4.69, 9.17) is 17.2 Å². The number of carboxylic acid groups (broad SMARTS) is 1. The number of amides is 5. The maximum absolute atomic E-state index is 13.1. The van der Waals surface area contributed by atoms with Crippen LogP contribution in [0.25, 0.3) is 0 Å². The van der Waals surface area contributed by atoms with Crippen LogP contribution in [0.15, 0.2) is 30.3 Å². The van der Waals surface area contributed by atoms with Crippen LogP contribution in [0.5, 0.6) is 0 Å². The molecule has 5 amide bonds. The molecule has 196 valence electrons. The van der Waals surface area contributed by atoms with Crippen LogP contribution in [0.1, 0.15) is 37.7 Å². The van der Waals surface area contributed by atoms with Crippen molar-refractivity contribution in [3.63, 3.8) is 0 Å². The molecule has 0 spiro atoms. The van der Waals surface area contributed by atoms with E-state index in [1.54, 1.807) is 0 Å². The Labute approximate surface area is 207 Å². The second-order valence-electron chi connectivity index (χ2n) is 8.62. The summed E-state index contributed by atoms with van der Waals surface area (Å²) in [5.41, 5.74) is 17.2. The maximum atomic E-state index is 13.1. The van der Waals surface area contributed by atoms with Gasteiger partial charge in [-0.1, -0.05) is 30.3 Å². The van der Waals surface area contributed by atoms with Crippen LogP contribution >= 0.6 is 0 Å². The molecule has 1 aromatic carbocycles. The fourth-order valence-electron chi connectivity index (χ4n) is 3.97. The van der Waals surface area contributed by atoms with E-state index < -0.39 is 66.1 Å². The van der Waals surface area contributed by atoms with Gasteiger partial charge in [0.25, 0.3) is 0 Å². The molecule has 9 N–H and O–H groups in total. The molecular weight excluding hydrogens is 472 g/mol. The predicted molar refractivity (Wildman–Crippen MR) is 127 cm³/mol. The standard InChI is InChI=1S/C23H32N6O7/c24-14(11-13-5-2-1-3-6-13)22(34)29-10-4-7-17(29)21(33)27-15(8-9-18(25)30)20(32)28-16(23(35)36)12-19(26)31/h1-3,5-6,14-17H,4,7-12,24H2,(H2,25,30)(H2,26,31)(H,27,33)(H,28,32)(H,35,36). The Bertz CT molecular complexity index is 986. The molecule has 36 heavy (non-hydrogen) atoms. The molecule has 4 unspecified atom stereocenters. The van der Waals surface area contributed by atoms with Crippen molar-refractivity contribution in [2.45, 2.75) is 62.7 Å². The Morgan fingerprint density at radius 3 is 2.25 bits per heavy atom. The summed E-state index contributed by atoms with van der Waals surface area (Å²) in [6, 6.07) is 4.44. The van der Waals surface area contributed by atoms with Gasteiger partial charge in [0.15, 0.2) is 0 Å². The topological polar surface area (TPSA) is 228 Å². The number of rotatable bonds is 13. The van der Waals surface area contributed by atoms with E-state index in [-0.39, 0.29) is 19.3 Å². The number of nitrogens with one attached hydrogen (secondary N) is 2. The van der Waals surface area contributed by atoms with Crippen molar-refractivity contribution in [3.8, 4) is 0 Å². The first-order valence-electron chi connectivity index (χ1n) is 11.5. The quantitative estimate of drug-likeness (QED) is 0.171. The van der Waals surface area contributed by atoms with Crippen molar-refractivity contribution >= 4 is 35.5 Å². The smallest absolute Gasteiger partial charge is 0.326 e. The number of aliphatic carboxylic acids is 1. The molecule has 1 fully saturated rings. The van der Waals surface area contributed by atoms with Gasteiger partial charge in [-0.3, -0.25) is 24.0 Å². The molecule has 0 aliphatic carbocycles. The molecule has 1 aliphatic heterocycles. The highest BCUT2D eigenvalue weighted by Crippen LogP contribution is 2.20. The summed E-state index contributed by atoms with van der Waals surface area (Å²) in [6.45, 7) is 0.303. The van der Waals surface area contributed by atoms with Crippen molar-refractivity contribution in [3.05, 3.63) is 35.9 Å². The molecule has 1 heterocycles. The lowest BCUT2D eigenvalue weighted by Crippen LogP contribution is -2.57. The lowest BCUT2D eigenvalue weighted by molar-refractivity contribution is -0.144. The minimum absolute atomic E-state index is 0.218. The van der Waals surface area contributed by atoms with E-state index in [2.05, 4.69) is 10.6 Å². The summed E-state index contributed by atoms with van der Waals surface area (Å²) in [5, 5.41) is 13.9. The molecule has 1 aromatic rings. The van der Waals surface area contributed by atoms with Gasteiger partial charge in [0, 0.05) is 13.0 Å². The summed E-state index contributed by atoms with van der Waals surface area (Å²) in [7, 11) is 0. The Kier molecular flexibility index (Phi) is 10.3. The van der Waals surface area contributed by atoms with Gasteiger partial charge in [-0.2, -0.15) is 0 Å². The zero-order chi connectivity index (χ0) is 26.8. The largest absolute Gasteiger partial charge is 0.480 e. The van der Waals surface area contributed by atoms with Crippen molar-refractivity contribution in [2.24, 2.45) is 17.2 Å². The number of primary amides is 2. The van der Waals surface area contributed by atoms with E-state index in [0.29, 0.717) is 19.4 Å². The molecule has 2 rings (SSSR count). The van der Waals surface area contributed by atoms with Crippen molar-refractivity contribution < 1.29 is 33.9 Å². The van der Waals surface area contributed by atoms with E-state index in [1.807, 2.05) is 30.3 Å². The third-order valence-electron chi connectivity index (χ3n) is 5.79. The highest BCUT2D eigenvalue weighted by atomic mass is 16.4. The van der Waals surface area contributed by atoms with Gasteiger partial charge in [-0.05, 0) is 31.2 Å². The summed E-state index contributed by atoms with van der Waals surface area (Å²) < 4.78 is 0. The number of hydrogen-bond donors (Lipinski definition) is 6. The zero-order valence-electron chi connectivity index (χ0n) is 19.7. The van der Waals surface area contributed by atoms with Gasteiger partial charge in [-0.15, -0.1) is 0 Å². The number of nitrogens with zero attached hydrogens (tertiary/aromatic N) is 1. The summed E-state index contributed by atoms with van der Waals surface area (Å²) >= 11 is 0. The fourth-order valence-corrected chi connectivity index (χ4v) is 3.97. The third-order valence-corrected chi connectivity index (χ3v) is 5.79. The molecule has 0 bridgehead atoms. The van der Waals surface area contributed by atoms with Crippen LogP contribution in [0, 0.1) is 0 Å². The van der Waals surface area contributed by atoms with Crippen molar-refractivity contribution in [2.75, 3.05) is 6.54 Å². The first kappa shape index (κ1) is 28.2. The van der Waals surface area contributed by atoms with Gasteiger partial charge >= 0.3 is 5.97 Å². The summed E-state index contributed by atoms with van der Waals surface area (Å²) in [6.07, 6.45) is -0.00347. The normalized spacial score (nSPS) is 17.5. The molecule has 1 aliphatic rings. The van der Waals surface area contributed by atoms with Gasteiger partial charge in [-0.25, -0.2) is 4.79 Å². The summed E-state index contributed by atoms with van der Waals surface area (Å²) in [4.78, 5) is 73.9. The average Bonchev–Trinajstić information content (AvgIpc) is 3.30. The second kappa shape index (κ2) is 13.2. The van der Waals surface area contributed by atoms with E-state index in [0.717, 1.165) is 5.56 Å². The molecule has 0 saturated carbocycles. The number of hydrogen-bond acceptors (Lipinski definition) is 7. The second-order valence-corrected chi connectivity index (χ2v) is 8.62. The first-order chi connectivity index (χ1) is 17.0. The van der Waals surface area contributed by atoms with Gasteiger partial charge in [0.2, 0.25) is 29.5 Å². The van der Waals surface area contributed by atoms with E-state index >= 15 is 0 Å². The molecule has 13 heteroatoms. The lowest BCUT2D eigenvalue weighted by atomic mass is 10.0. The van der Waals surface area contributed by atoms with E-state index in [1.165, 1.54) is 4.90 Å². The Morgan fingerprint density at radius 1 is 1.00 bits per heavy atom.